The van der Waals surface area contributed by atoms with Crippen molar-refractivity contribution in [3.63, 3.8) is 0 Å². The largest absolute Gasteiger partial charge is 0.372 e. The molecule has 0 aliphatic rings. The van der Waals surface area contributed by atoms with E-state index in [1.54, 1.807) is 0 Å². The summed E-state index contributed by atoms with van der Waals surface area (Å²) in [6.45, 7) is 8.73. The van der Waals surface area contributed by atoms with Crippen molar-refractivity contribution in [3.05, 3.63) is 77.6 Å². The first-order valence-corrected chi connectivity index (χ1v) is 9.87. The number of rotatable bonds is 8. The zero-order chi connectivity index (χ0) is 20.6. The van der Waals surface area contributed by atoms with Crippen LogP contribution in [0.4, 0.5) is 17.3 Å². The summed E-state index contributed by atoms with van der Waals surface area (Å²) in [6, 6.07) is 16.2. The molecule has 2 N–H and O–H groups in total. The number of hydrogen-bond acceptors (Lipinski definition) is 5. The van der Waals surface area contributed by atoms with Gasteiger partial charge in [0, 0.05) is 43.4 Å². The first-order valence-electron chi connectivity index (χ1n) is 9.87. The van der Waals surface area contributed by atoms with Crippen LogP contribution in [0.3, 0.4) is 0 Å². The Balaban J connectivity index is 1.57. The van der Waals surface area contributed by atoms with Gasteiger partial charge in [-0.1, -0.05) is 29.8 Å². The minimum Gasteiger partial charge on any atom is -0.372 e. The molecule has 0 saturated heterocycles. The van der Waals surface area contributed by atoms with Crippen LogP contribution in [-0.2, 0) is 6.54 Å². The summed E-state index contributed by atoms with van der Waals surface area (Å²) >= 11 is 0. The highest BCUT2D eigenvalue weighted by molar-refractivity contribution is 5.93. The standard InChI is InChI=1S/C23H27N5O/c1-4-28(5-2)21-11-9-20(10-12-21)27-23-25-15-19(16-26-23)22(29)24-14-18-8-6-7-17(3)13-18/h6-13,15-16H,4-5,14H2,1-3H3,(H,24,29)(H,25,26,27). The third-order valence-corrected chi connectivity index (χ3v) is 4.70. The summed E-state index contributed by atoms with van der Waals surface area (Å²) in [7, 11) is 0. The monoisotopic (exact) mass is 389 g/mol. The summed E-state index contributed by atoms with van der Waals surface area (Å²) in [5, 5.41) is 6.06. The fraction of sp³-hybridized carbons (Fsp3) is 0.261. The molecule has 3 aromatic rings. The highest BCUT2D eigenvalue weighted by Crippen LogP contribution is 2.19. The van der Waals surface area contributed by atoms with Gasteiger partial charge in [-0.05, 0) is 50.6 Å². The van der Waals surface area contributed by atoms with E-state index in [9.17, 15) is 4.79 Å². The van der Waals surface area contributed by atoms with Crippen LogP contribution in [-0.4, -0.2) is 29.0 Å². The van der Waals surface area contributed by atoms with Crippen molar-refractivity contribution >= 4 is 23.2 Å². The van der Waals surface area contributed by atoms with Crippen LogP contribution in [0.15, 0.2) is 60.9 Å². The number of nitrogens with zero attached hydrogens (tertiary/aromatic N) is 3. The van der Waals surface area contributed by atoms with Crippen LogP contribution < -0.4 is 15.5 Å². The van der Waals surface area contributed by atoms with Crippen molar-refractivity contribution in [2.24, 2.45) is 0 Å². The molecule has 0 saturated carbocycles. The van der Waals surface area contributed by atoms with Gasteiger partial charge in [-0.25, -0.2) is 9.97 Å². The molecule has 2 aromatic carbocycles. The molecule has 0 radical (unpaired) electrons. The second-order valence-corrected chi connectivity index (χ2v) is 6.81. The second-order valence-electron chi connectivity index (χ2n) is 6.81. The molecular formula is C23H27N5O. The van der Waals surface area contributed by atoms with Crippen LogP contribution in [0.5, 0.6) is 0 Å². The molecule has 6 nitrogen and oxygen atoms in total. The maximum atomic E-state index is 12.3. The number of amides is 1. The summed E-state index contributed by atoms with van der Waals surface area (Å²) in [4.78, 5) is 23.1. The molecule has 0 aliphatic carbocycles. The number of nitrogens with one attached hydrogen (secondary N) is 2. The molecule has 150 valence electrons. The third-order valence-electron chi connectivity index (χ3n) is 4.70. The average Bonchev–Trinajstić information content (AvgIpc) is 2.75. The molecular weight excluding hydrogens is 362 g/mol. The second kappa shape index (κ2) is 9.68. The van der Waals surface area contributed by atoms with Gasteiger partial charge < -0.3 is 15.5 Å². The van der Waals surface area contributed by atoms with Crippen molar-refractivity contribution in [2.75, 3.05) is 23.3 Å². The van der Waals surface area contributed by atoms with Crippen LogP contribution in [0.2, 0.25) is 0 Å². The van der Waals surface area contributed by atoms with E-state index in [1.807, 2.05) is 37.3 Å². The van der Waals surface area contributed by atoms with Crippen molar-refractivity contribution < 1.29 is 4.79 Å². The molecule has 0 atom stereocenters. The lowest BCUT2D eigenvalue weighted by Crippen LogP contribution is -2.23. The van der Waals surface area contributed by atoms with Gasteiger partial charge >= 0.3 is 0 Å². The Hall–Kier alpha value is -3.41. The predicted molar refractivity (Wildman–Crippen MR) is 118 cm³/mol. The Bertz CT molecular complexity index is 934. The number of anilines is 3. The van der Waals surface area contributed by atoms with Gasteiger partial charge in [0.25, 0.3) is 5.91 Å². The summed E-state index contributed by atoms with van der Waals surface area (Å²) < 4.78 is 0. The maximum absolute atomic E-state index is 12.3. The van der Waals surface area contributed by atoms with Crippen molar-refractivity contribution in [3.8, 4) is 0 Å². The van der Waals surface area contributed by atoms with Gasteiger partial charge in [0.2, 0.25) is 5.95 Å². The molecule has 6 heteroatoms. The zero-order valence-corrected chi connectivity index (χ0v) is 17.1. The normalized spacial score (nSPS) is 10.4. The van der Waals surface area contributed by atoms with Crippen LogP contribution >= 0.6 is 0 Å². The number of carbonyl (C=O) groups excluding carboxylic acids is 1. The number of carbonyl (C=O) groups is 1. The molecule has 3 rings (SSSR count). The minimum atomic E-state index is -0.193. The van der Waals surface area contributed by atoms with Gasteiger partial charge in [0.05, 0.1) is 5.56 Å². The lowest BCUT2D eigenvalue weighted by atomic mass is 10.1. The van der Waals surface area contributed by atoms with E-state index in [1.165, 1.54) is 23.6 Å². The Morgan fingerprint density at radius 1 is 1.00 bits per heavy atom. The molecule has 1 heterocycles. The molecule has 0 bridgehead atoms. The van der Waals surface area contributed by atoms with Gasteiger partial charge in [-0.2, -0.15) is 0 Å². The molecule has 1 amide bonds. The third kappa shape index (κ3) is 5.54. The van der Waals surface area contributed by atoms with Crippen molar-refractivity contribution in [1.29, 1.82) is 0 Å². The SMILES string of the molecule is CCN(CC)c1ccc(Nc2ncc(C(=O)NCc3cccc(C)c3)cn2)cc1. The highest BCUT2D eigenvalue weighted by atomic mass is 16.1. The molecule has 0 unspecified atom stereocenters. The molecule has 0 fully saturated rings. The fourth-order valence-electron chi connectivity index (χ4n) is 3.09. The van der Waals surface area contributed by atoms with E-state index >= 15 is 0 Å². The summed E-state index contributed by atoms with van der Waals surface area (Å²) in [6.07, 6.45) is 3.07. The van der Waals surface area contributed by atoms with E-state index in [2.05, 4.69) is 57.5 Å². The molecule has 0 aliphatic heterocycles. The molecule has 1 aromatic heterocycles. The smallest absolute Gasteiger partial charge is 0.254 e. The molecule has 29 heavy (non-hydrogen) atoms. The number of aromatic nitrogens is 2. The first-order chi connectivity index (χ1) is 14.1. The van der Waals surface area contributed by atoms with Crippen LogP contribution in [0.25, 0.3) is 0 Å². The Labute approximate surface area is 172 Å². The van der Waals surface area contributed by atoms with Crippen LogP contribution in [0.1, 0.15) is 35.3 Å². The Morgan fingerprint density at radius 3 is 2.31 bits per heavy atom. The lowest BCUT2D eigenvalue weighted by molar-refractivity contribution is 0.0950. The van der Waals surface area contributed by atoms with Gasteiger partial charge in [-0.15, -0.1) is 0 Å². The van der Waals surface area contributed by atoms with E-state index in [4.69, 9.17) is 0 Å². The van der Waals surface area contributed by atoms with Crippen molar-refractivity contribution in [2.45, 2.75) is 27.3 Å². The van der Waals surface area contributed by atoms with E-state index in [0.717, 1.165) is 24.3 Å². The average molecular weight is 390 g/mol. The quantitative estimate of drug-likeness (QED) is 0.601. The summed E-state index contributed by atoms with van der Waals surface area (Å²) in [5.74, 6) is 0.262. The number of hydrogen-bond donors (Lipinski definition) is 2. The van der Waals surface area contributed by atoms with E-state index in [0.29, 0.717) is 18.1 Å². The number of aryl methyl sites for hydroxylation is 1. The van der Waals surface area contributed by atoms with Gasteiger partial charge in [0.15, 0.2) is 0 Å². The lowest BCUT2D eigenvalue weighted by Gasteiger charge is -2.21. The first kappa shape index (κ1) is 20.3. The van der Waals surface area contributed by atoms with E-state index in [-0.39, 0.29) is 5.91 Å². The zero-order valence-electron chi connectivity index (χ0n) is 17.1. The highest BCUT2D eigenvalue weighted by Gasteiger charge is 2.08. The summed E-state index contributed by atoms with van der Waals surface area (Å²) in [5.41, 5.74) is 4.74. The van der Waals surface area contributed by atoms with Crippen molar-refractivity contribution in [1.82, 2.24) is 15.3 Å². The predicted octanol–water partition coefficient (Wildman–Crippen LogP) is 4.30. The number of benzene rings is 2. The van der Waals surface area contributed by atoms with Crippen LogP contribution in [0, 0.1) is 6.92 Å². The fourth-order valence-corrected chi connectivity index (χ4v) is 3.09. The van der Waals surface area contributed by atoms with Gasteiger partial charge in [0.1, 0.15) is 0 Å². The van der Waals surface area contributed by atoms with Gasteiger partial charge in [-0.3, -0.25) is 4.79 Å². The Kier molecular flexibility index (Phi) is 6.79. The maximum Gasteiger partial charge on any atom is 0.254 e. The minimum absolute atomic E-state index is 0.193. The molecule has 0 spiro atoms. The Morgan fingerprint density at radius 2 is 1.69 bits per heavy atom. The topological polar surface area (TPSA) is 70.2 Å². The van der Waals surface area contributed by atoms with E-state index < -0.39 is 0 Å².